The van der Waals surface area contributed by atoms with E-state index in [0.717, 1.165) is 23.5 Å². The maximum Gasteiger partial charge on any atom is 0.0771 e. The smallest absolute Gasteiger partial charge is 0.0771 e. The van der Waals surface area contributed by atoms with E-state index in [0.29, 0.717) is 5.92 Å². The van der Waals surface area contributed by atoms with E-state index in [9.17, 15) is 0 Å². The molecule has 1 unspecified atom stereocenters. The minimum atomic E-state index is 0.475. The fourth-order valence-electron chi connectivity index (χ4n) is 3.49. The van der Waals surface area contributed by atoms with Crippen molar-refractivity contribution < 1.29 is 0 Å². The molecule has 2 rings (SSSR count). The van der Waals surface area contributed by atoms with Gasteiger partial charge < -0.3 is 5.73 Å². The van der Waals surface area contributed by atoms with E-state index in [1.165, 1.54) is 51.5 Å². The average molecular weight is 254 g/mol. The second kappa shape index (κ2) is 6.14. The monoisotopic (exact) mass is 254 g/mol. The Balaban J connectivity index is 1.84. The Kier molecular flexibility index (Phi) is 4.80. The van der Waals surface area contributed by atoms with Crippen molar-refractivity contribution in [2.24, 2.45) is 17.6 Å². The highest BCUT2D eigenvalue weighted by Gasteiger charge is 2.29. The molecule has 3 heteroatoms. The van der Waals surface area contributed by atoms with Crippen LogP contribution in [0.4, 0.5) is 0 Å². The second-order valence-corrected chi connectivity index (χ2v) is 6.29. The van der Waals surface area contributed by atoms with Crippen molar-refractivity contribution in [2.45, 2.75) is 57.9 Å². The maximum absolute atomic E-state index is 5.81. The molecule has 0 radical (unpaired) electrons. The van der Waals surface area contributed by atoms with Crippen molar-refractivity contribution in [1.82, 2.24) is 4.90 Å². The molecule has 1 saturated carbocycles. The summed E-state index contributed by atoms with van der Waals surface area (Å²) >= 11 is 5.16. The maximum atomic E-state index is 5.81. The molecule has 0 bridgehead atoms. The Hall–Kier alpha value is -0.150. The van der Waals surface area contributed by atoms with Crippen LogP contribution in [0, 0.1) is 11.8 Å². The molecule has 2 fully saturated rings. The largest absolute Gasteiger partial charge is 0.393 e. The molecule has 0 aromatic heterocycles. The van der Waals surface area contributed by atoms with Crippen molar-refractivity contribution in [3.8, 4) is 0 Å². The lowest BCUT2D eigenvalue weighted by Crippen LogP contribution is -2.46. The third kappa shape index (κ3) is 3.41. The van der Waals surface area contributed by atoms with E-state index in [1.54, 1.807) is 0 Å². The molecule has 1 heterocycles. The summed E-state index contributed by atoms with van der Waals surface area (Å²) < 4.78 is 0. The van der Waals surface area contributed by atoms with Crippen molar-refractivity contribution in [3.63, 3.8) is 0 Å². The molecule has 2 aliphatic rings. The Morgan fingerprint density at radius 2 is 1.94 bits per heavy atom. The molecule has 0 aromatic rings. The lowest BCUT2D eigenvalue weighted by atomic mass is 9.83. The fourth-order valence-corrected chi connectivity index (χ4v) is 3.68. The van der Waals surface area contributed by atoms with Gasteiger partial charge in [0, 0.05) is 18.5 Å². The molecule has 2 nitrogen and oxygen atoms in total. The van der Waals surface area contributed by atoms with E-state index < -0.39 is 0 Å². The number of rotatable bonds is 3. The molecule has 98 valence electrons. The molecule has 17 heavy (non-hydrogen) atoms. The highest BCUT2D eigenvalue weighted by Crippen LogP contribution is 2.31. The van der Waals surface area contributed by atoms with Crippen molar-refractivity contribution >= 4 is 17.2 Å². The first-order valence-electron chi connectivity index (χ1n) is 7.24. The van der Waals surface area contributed by atoms with Crippen molar-refractivity contribution in [3.05, 3.63) is 0 Å². The van der Waals surface area contributed by atoms with Crippen LogP contribution in [0.25, 0.3) is 0 Å². The predicted molar refractivity (Wildman–Crippen MR) is 77.1 cm³/mol. The van der Waals surface area contributed by atoms with Crippen LogP contribution in [0.2, 0.25) is 0 Å². The normalized spacial score (nSPS) is 35.7. The molecular formula is C14H26N2S. The molecule has 0 spiro atoms. The molecule has 1 aliphatic heterocycles. The van der Waals surface area contributed by atoms with Gasteiger partial charge in [-0.15, -0.1) is 0 Å². The Morgan fingerprint density at radius 3 is 2.53 bits per heavy atom. The summed E-state index contributed by atoms with van der Waals surface area (Å²) in [6.45, 7) is 4.71. The third-order valence-corrected chi connectivity index (χ3v) is 5.10. The summed E-state index contributed by atoms with van der Waals surface area (Å²) in [4.78, 5) is 3.40. The SMILES string of the molecule is CCC1CCC(N2CCCC(C(N)=S)C2)CC1. The fraction of sp³-hybridized carbons (Fsp3) is 0.929. The quantitative estimate of drug-likeness (QED) is 0.785. The van der Waals surface area contributed by atoms with Crippen LogP contribution in [0.3, 0.4) is 0 Å². The highest BCUT2D eigenvalue weighted by molar-refractivity contribution is 7.80. The van der Waals surface area contributed by atoms with E-state index in [1.807, 2.05) is 0 Å². The van der Waals surface area contributed by atoms with Gasteiger partial charge in [0.25, 0.3) is 0 Å². The summed E-state index contributed by atoms with van der Waals surface area (Å²) in [5.41, 5.74) is 5.81. The van der Waals surface area contributed by atoms with Gasteiger partial charge in [-0.05, 0) is 51.0 Å². The highest BCUT2D eigenvalue weighted by atomic mass is 32.1. The average Bonchev–Trinajstić information content (AvgIpc) is 2.39. The molecule has 1 aliphatic carbocycles. The van der Waals surface area contributed by atoms with Crippen molar-refractivity contribution in [1.29, 1.82) is 0 Å². The van der Waals surface area contributed by atoms with Crippen LogP contribution in [0.1, 0.15) is 51.9 Å². The van der Waals surface area contributed by atoms with E-state index >= 15 is 0 Å². The molecule has 0 amide bonds. The Morgan fingerprint density at radius 1 is 1.24 bits per heavy atom. The number of piperidine rings is 1. The van der Waals surface area contributed by atoms with Crippen LogP contribution in [0.15, 0.2) is 0 Å². The van der Waals surface area contributed by atoms with Gasteiger partial charge >= 0.3 is 0 Å². The summed E-state index contributed by atoms with van der Waals surface area (Å²) in [6, 6.07) is 0.815. The standard InChI is InChI=1S/C14H26N2S/c1-2-11-5-7-13(8-6-11)16-9-3-4-12(10-16)14(15)17/h11-13H,2-10H2,1H3,(H2,15,17). The van der Waals surface area contributed by atoms with E-state index in [2.05, 4.69) is 11.8 Å². The Bertz CT molecular complexity index is 259. The van der Waals surface area contributed by atoms with Gasteiger partial charge in [0.2, 0.25) is 0 Å². The summed E-state index contributed by atoms with van der Waals surface area (Å²) in [5, 5.41) is 0. The lowest BCUT2D eigenvalue weighted by molar-refractivity contribution is 0.102. The predicted octanol–water partition coefficient (Wildman–Crippen LogP) is 2.95. The zero-order chi connectivity index (χ0) is 12.3. The summed E-state index contributed by atoms with van der Waals surface area (Å²) in [6.07, 6.45) is 9.48. The van der Waals surface area contributed by atoms with Crippen LogP contribution in [-0.4, -0.2) is 29.0 Å². The molecular weight excluding hydrogens is 228 g/mol. The second-order valence-electron chi connectivity index (χ2n) is 5.82. The summed E-state index contributed by atoms with van der Waals surface area (Å²) in [5.74, 6) is 1.46. The van der Waals surface area contributed by atoms with Gasteiger partial charge in [0.15, 0.2) is 0 Å². The van der Waals surface area contributed by atoms with E-state index in [4.69, 9.17) is 18.0 Å². The van der Waals surface area contributed by atoms with Crippen molar-refractivity contribution in [2.75, 3.05) is 13.1 Å². The molecule has 0 aromatic carbocycles. The van der Waals surface area contributed by atoms with Crippen LogP contribution in [0.5, 0.6) is 0 Å². The number of likely N-dealkylation sites (tertiary alicyclic amines) is 1. The van der Waals surface area contributed by atoms with Gasteiger partial charge in [0.1, 0.15) is 0 Å². The van der Waals surface area contributed by atoms with Gasteiger partial charge in [-0.1, -0.05) is 25.6 Å². The Labute approximate surface area is 111 Å². The summed E-state index contributed by atoms with van der Waals surface area (Å²) in [7, 11) is 0. The lowest BCUT2D eigenvalue weighted by Gasteiger charge is -2.41. The van der Waals surface area contributed by atoms with Crippen LogP contribution >= 0.6 is 12.2 Å². The molecule has 1 atom stereocenters. The molecule has 1 saturated heterocycles. The van der Waals surface area contributed by atoms with Gasteiger partial charge in [-0.3, -0.25) is 4.90 Å². The number of nitrogens with zero attached hydrogens (tertiary/aromatic N) is 1. The topological polar surface area (TPSA) is 29.3 Å². The zero-order valence-electron chi connectivity index (χ0n) is 11.0. The van der Waals surface area contributed by atoms with E-state index in [-0.39, 0.29) is 0 Å². The van der Waals surface area contributed by atoms with Crippen LogP contribution in [-0.2, 0) is 0 Å². The molecule has 2 N–H and O–H groups in total. The number of thiocarbonyl (C=S) groups is 1. The minimum absolute atomic E-state index is 0.475. The van der Waals surface area contributed by atoms with Gasteiger partial charge in [0.05, 0.1) is 4.99 Å². The third-order valence-electron chi connectivity index (χ3n) is 4.77. The first-order valence-corrected chi connectivity index (χ1v) is 7.65. The number of nitrogens with two attached hydrogens (primary N) is 1. The van der Waals surface area contributed by atoms with Crippen LogP contribution < -0.4 is 5.73 Å². The zero-order valence-corrected chi connectivity index (χ0v) is 11.8. The number of hydrogen-bond donors (Lipinski definition) is 1. The number of hydrogen-bond acceptors (Lipinski definition) is 2. The van der Waals surface area contributed by atoms with Gasteiger partial charge in [-0.25, -0.2) is 0 Å². The first-order chi connectivity index (χ1) is 8.20. The minimum Gasteiger partial charge on any atom is -0.393 e. The first kappa shape index (κ1) is 13.3. The van der Waals surface area contributed by atoms with Gasteiger partial charge in [-0.2, -0.15) is 0 Å².